The van der Waals surface area contributed by atoms with Crippen LogP contribution in [0.4, 0.5) is 0 Å². The van der Waals surface area contributed by atoms with E-state index in [1.165, 1.54) is 0 Å². The molecule has 0 amide bonds. The number of hydrogen-bond donors (Lipinski definition) is 1. The number of rotatable bonds is 4. The van der Waals surface area contributed by atoms with Gasteiger partial charge in [0, 0.05) is 13.1 Å². The summed E-state index contributed by atoms with van der Waals surface area (Å²) in [5.74, 6) is 0.306. The summed E-state index contributed by atoms with van der Waals surface area (Å²) in [6.45, 7) is 3.73. The Balaban J connectivity index is 1.70. The first kappa shape index (κ1) is 13.3. The number of ether oxygens (including phenoxy) is 1. The van der Waals surface area contributed by atoms with Crippen molar-refractivity contribution in [3.8, 4) is 0 Å². The third kappa shape index (κ3) is 3.91. The van der Waals surface area contributed by atoms with E-state index in [9.17, 15) is 8.42 Å². The molecule has 100 valence electrons. The van der Waals surface area contributed by atoms with Crippen LogP contribution in [0.2, 0.25) is 0 Å². The molecule has 0 spiro atoms. The highest BCUT2D eigenvalue weighted by Crippen LogP contribution is 2.13. The fourth-order valence-corrected chi connectivity index (χ4v) is 3.96. The van der Waals surface area contributed by atoms with Gasteiger partial charge in [0.25, 0.3) is 0 Å². The zero-order valence-corrected chi connectivity index (χ0v) is 11.0. The lowest BCUT2D eigenvalue weighted by molar-refractivity contribution is 0.0278. The van der Waals surface area contributed by atoms with Crippen molar-refractivity contribution in [2.45, 2.75) is 31.8 Å². The highest BCUT2D eigenvalue weighted by molar-refractivity contribution is 7.89. The minimum Gasteiger partial charge on any atom is -0.377 e. The molecule has 5 nitrogen and oxygen atoms in total. The maximum Gasteiger partial charge on any atom is 0.214 e. The average Bonchev–Trinajstić information content (AvgIpc) is 2.32. The molecule has 2 aliphatic heterocycles. The van der Waals surface area contributed by atoms with Crippen molar-refractivity contribution in [3.63, 3.8) is 0 Å². The number of piperidine rings is 1. The molecule has 0 aliphatic carbocycles. The van der Waals surface area contributed by atoms with Gasteiger partial charge in [-0.05, 0) is 38.8 Å². The normalized spacial score (nSPS) is 27.1. The third-order valence-electron chi connectivity index (χ3n) is 3.43. The Morgan fingerprint density at radius 1 is 1.24 bits per heavy atom. The van der Waals surface area contributed by atoms with Crippen LogP contribution in [0.1, 0.15) is 25.7 Å². The van der Waals surface area contributed by atoms with Crippen LogP contribution >= 0.6 is 0 Å². The van der Waals surface area contributed by atoms with E-state index >= 15 is 0 Å². The van der Waals surface area contributed by atoms with Crippen LogP contribution in [0.25, 0.3) is 0 Å². The molecular formula is C11H22N2O3S. The molecule has 0 bridgehead atoms. The highest BCUT2D eigenvalue weighted by Gasteiger charge is 2.25. The van der Waals surface area contributed by atoms with Gasteiger partial charge >= 0.3 is 0 Å². The SMILES string of the molecule is O=S1(=O)CCCCN1CCOC1CCNCC1. The van der Waals surface area contributed by atoms with Gasteiger partial charge in [0.1, 0.15) is 0 Å². The Morgan fingerprint density at radius 2 is 2.00 bits per heavy atom. The number of nitrogens with zero attached hydrogens (tertiary/aromatic N) is 1. The van der Waals surface area contributed by atoms with Crippen LogP contribution in [0.5, 0.6) is 0 Å². The second kappa shape index (κ2) is 6.13. The molecule has 1 N–H and O–H groups in total. The van der Waals surface area contributed by atoms with Gasteiger partial charge in [0.2, 0.25) is 10.0 Å². The quantitative estimate of drug-likeness (QED) is 0.785. The molecule has 0 atom stereocenters. The monoisotopic (exact) mass is 262 g/mol. The first-order valence-electron chi connectivity index (χ1n) is 6.49. The van der Waals surface area contributed by atoms with E-state index in [1.807, 2.05) is 0 Å². The molecule has 2 fully saturated rings. The summed E-state index contributed by atoms with van der Waals surface area (Å²) >= 11 is 0. The van der Waals surface area contributed by atoms with Gasteiger partial charge in [-0.1, -0.05) is 0 Å². The standard InChI is InChI=1S/C11H22N2O3S/c14-17(15)10-2-1-7-13(17)8-9-16-11-3-5-12-6-4-11/h11-12H,1-10H2. The van der Waals surface area contributed by atoms with Crippen molar-refractivity contribution < 1.29 is 13.2 Å². The molecule has 6 heteroatoms. The lowest BCUT2D eigenvalue weighted by Gasteiger charge is -2.28. The van der Waals surface area contributed by atoms with E-state index in [1.54, 1.807) is 4.31 Å². The molecule has 2 aliphatic rings. The molecular weight excluding hydrogens is 240 g/mol. The Morgan fingerprint density at radius 3 is 2.71 bits per heavy atom. The highest BCUT2D eigenvalue weighted by atomic mass is 32.2. The van der Waals surface area contributed by atoms with Gasteiger partial charge in [-0.2, -0.15) is 4.31 Å². The maximum atomic E-state index is 11.7. The largest absolute Gasteiger partial charge is 0.377 e. The van der Waals surface area contributed by atoms with Crippen molar-refractivity contribution in [1.82, 2.24) is 9.62 Å². The predicted molar refractivity (Wildman–Crippen MR) is 66.4 cm³/mol. The van der Waals surface area contributed by atoms with Gasteiger partial charge in [0.15, 0.2) is 0 Å². The smallest absolute Gasteiger partial charge is 0.214 e. The first-order chi connectivity index (χ1) is 8.18. The fraction of sp³-hybridized carbons (Fsp3) is 1.00. The van der Waals surface area contributed by atoms with Crippen molar-refractivity contribution in [1.29, 1.82) is 0 Å². The van der Waals surface area contributed by atoms with Crippen molar-refractivity contribution in [3.05, 3.63) is 0 Å². The van der Waals surface area contributed by atoms with Gasteiger partial charge in [-0.15, -0.1) is 0 Å². The molecule has 2 heterocycles. The van der Waals surface area contributed by atoms with Crippen LogP contribution in [0, 0.1) is 0 Å². The molecule has 17 heavy (non-hydrogen) atoms. The summed E-state index contributed by atoms with van der Waals surface area (Å²) < 4.78 is 30.8. The van der Waals surface area contributed by atoms with E-state index in [0.29, 0.717) is 31.6 Å². The van der Waals surface area contributed by atoms with E-state index in [0.717, 1.165) is 38.8 Å². The number of hydrogen-bond acceptors (Lipinski definition) is 4. The molecule has 0 aromatic rings. The third-order valence-corrected chi connectivity index (χ3v) is 5.39. The lowest BCUT2D eigenvalue weighted by atomic mass is 10.1. The molecule has 2 saturated heterocycles. The minimum atomic E-state index is -2.99. The summed E-state index contributed by atoms with van der Waals surface area (Å²) in [7, 11) is -2.99. The second-order valence-electron chi connectivity index (χ2n) is 4.74. The van der Waals surface area contributed by atoms with Crippen molar-refractivity contribution >= 4 is 10.0 Å². The summed E-state index contributed by atoms with van der Waals surface area (Å²) in [5, 5.41) is 3.28. The van der Waals surface area contributed by atoms with Crippen LogP contribution in [0.3, 0.4) is 0 Å². The van der Waals surface area contributed by atoms with Gasteiger partial charge in [-0.3, -0.25) is 0 Å². The molecule has 0 unspecified atom stereocenters. The predicted octanol–water partition coefficient (Wildman–Crippen LogP) is 0.181. The summed E-state index contributed by atoms with van der Waals surface area (Å²) in [5.41, 5.74) is 0. The Labute approximate surface area is 104 Å². The maximum absolute atomic E-state index is 11.7. The minimum absolute atomic E-state index is 0.306. The van der Waals surface area contributed by atoms with Crippen LogP contribution < -0.4 is 5.32 Å². The molecule has 2 rings (SSSR count). The Hall–Kier alpha value is -0.170. The van der Waals surface area contributed by atoms with Gasteiger partial charge in [-0.25, -0.2) is 8.42 Å². The van der Waals surface area contributed by atoms with E-state index in [2.05, 4.69) is 5.32 Å². The molecule has 0 aromatic heterocycles. The Bertz CT molecular complexity index is 326. The molecule has 0 saturated carbocycles. The van der Waals surface area contributed by atoms with Gasteiger partial charge in [0.05, 0.1) is 18.5 Å². The average molecular weight is 262 g/mol. The van der Waals surface area contributed by atoms with Crippen LogP contribution in [-0.4, -0.2) is 57.4 Å². The molecule has 0 radical (unpaired) electrons. The van der Waals surface area contributed by atoms with Crippen molar-refractivity contribution in [2.24, 2.45) is 0 Å². The summed E-state index contributed by atoms with van der Waals surface area (Å²) in [6, 6.07) is 0. The zero-order chi connectivity index (χ0) is 12.1. The zero-order valence-electron chi connectivity index (χ0n) is 10.2. The van der Waals surface area contributed by atoms with E-state index < -0.39 is 10.0 Å². The number of nitrogens with one attached hydrogen (secondary N) is 1. The van der Waals surface area contributed by atoms with Crippen molar-refractivity contribution in [2.75, 3.05) is 38.5 Å². The van der Waals surface area contributed by atoms with E-state index in [-0.39, 0.29) is 0 Å². The van der Waals surface area contributed by atoms with Crippen LogP contribution in [-0.2, 0) is 14.8 Å². The second-order valence-corrected chi connectivity index (χ2v) is 6.83. The lowest BCUT2D eigenvalue weighted by Crippen LogP contribution is -2.41. The fourth-order valence-electron chi connectivity index (χ4n) is 2.37. The number of sulfonamides is 1. The van der Waals surface area contributed by atoms with E-state index in [4.69, 9.17) is 4.74 Å². The Kier molecular flexibility index (Phi) is 4.78. The summed E-state index contributed by atoms with van der Waals surface area (Å²) in [6.07, 6.45) is 4.16. The topological polar surface area (TPSA) is 58.6 Å². The van der Waals surface area contributed by atoms with Gasteiger partial charge < -0.3 is 10.1 Å². The summed E-state index contributed by atoms with van der Waals surface area (Å²) in [4.78, 5) is 0. The first-order valence-corrected chi connectivity index (χ1v) is 8.09. The van der Waals surface area contributed by atoms with Crippen LogP contribution in [0.15, 0.2) is 0 Å². The molecule has 0 aromatic carbocycles.